The highest BCUT2D eigenvalue weighted by Crippen LogP contribution is 2.12. The molecule has 1 aromatic rings. The maximum absolute atomic E-state index is 10.8. The highest BCUT2D eigenvalue weighted by molar-refractivity contribution is 5.81. The van der Waals surface area contributed by atoms with Gasteiger partial charge in [0.15, 0.2) is 0 Å². The Kier molecular flexibility index (Phi) is 2.43. The largest absolute Gasteiger partial charge is 0.369 e. The van der Waals surface area contributed by atoms with Crippen LogP contribution in [-0.4, -0.2) is 10.9 Å². The molecule has 0 spiro atoms. The maximum atomic E-state index is 10.8. The van der Waals surface area contributed by atoms with Gasteiger partial charge in [0, 0.05) is 11.9 Å². The van der Waals surface area contributed by atoms with Crippen LogP contribution in [0.1, 0.15) is 24.1 Å². The number of nitrogens with zero attached hydrogens (tertiary/aromatic N) is 1. The average Bonchev–Trinajstić information content (AvgIpc) is 2.04. The summed E-state index contributed by atoms with van der Waals surface area (Å²) in [5, 5.41) is 0. The molecular weight excluding hydrogens is 152 g/mol. The molecular formula is C9H12N2O. The van der Waals surface area contributed by atoms with E-state index in [1.54, 1.807) is 13.1 Å². The van der Waals surface area contributed by atoms with Crippen molar-refractivity contribution in [3.05, 3.63) is 29.6 Å². The zero-order valence-corrected chi connectivity index (χ0v) is 7.24. The van der Waals surface area contributed by atoms with Crippen LogP contribution in [0, 0.1) is 6.92 Å². The first-order valence-electron chi connectivity index (χ1n) is 3.83. The van der Waals surface area contributed by atoms with Gasteiger partial charge in [-0.1, -0.05) is 6.07 Å². The van der Waals surface area contributed by atoms with Gasteiger partial charge in [-0.05, 0) is 25.5 Å². The lowest BCUT2D eigenvalue weighted by atomic mass is 10.0. The molecule has 1 aromatic heterocycles. The molecule has 3 nitrogen and oxygen atoms in total. The fourth-order valence-electron chi connectivity index (χ4n) is 0.900. The number of hydrogen-bond acceptors (Lipinski definition) is 2. The molecule has 0 aromatic carbocycles. The second-order valence-electron chi connectivity index (χ2n) is 2.86. The van der Waals surface area contributed by atoms with E-state index in [4.69, 9.17) is 5.73 Å². The highest BCUT2D eigenvalue weighted by atomic mass is 16.1. The van der Waals surface area contributed by atoms with Gasteiger partial charge in [0.05, 0.1) is 5.92 Å². The fourth-order valence-corrected chi connectivity index (χ4v) is 0.900. The van der Waals surface area contributed by atoms with Crippen LogP contribution < -0.4 is 5.73 Å². The van der Waals surface area contributed by atoms with Crippen molar-refractivity contribution in [1.29, 1.82) is 0 Å². The quantitative estimate of drug-likeness (QED) is 0.708. The minimum absolute atomic E-state index is 0.252. The van der Waals surface area contributed by atoms with E-state index in [9.17, 15) is 4.79 Å². The zero-order valence-electron chi connectivity index (χ0n) is 7.24. The van der Waals surface area contributed by atoms with E-state index in [1.165, 1.54) is 0 Å². The molecule has 12 heavy (non-hydrogen) atoms. The number of nitrogens with two attached hydrogens (primary N) is 1. The number of aromatic nitrogens is 1. The summed E-state index contributed by atoms with van der Waals surface area (Å²) in [6.07, 6.45) is 1.69. The first-order chi connectivity index (χ1) is 5.61. The summed E-state index contributed by atoms with van der Waals surface area (Å²) in [6, 6.07) is 3.74. The van der Waals surface area contributed by atoms with Crippen LogP contribution in [-0.2, 0) is 4.79 Å². The third-order valence-corrected chi connectivity index (χ3v) is 1.86. The Morgan fingerprint density at radius 2 is 2.25 bits per heavy atom. The van der Waals surface area contributed by atoms with Crippen molar-refractivity contribution >= 4 is 5.91 Å². The number of aryl methyl sites for hydroxylation is 1. The molecule has 1 amide bonds. The van der Waals surface area contributed by atoms with Gasteiger partial charge < -0.3 is 5.73 Å². The molecule has 2 N–H and O–H groups in total. The first kappa shape index (κ1) is 8.71. The minimum Gasteiger partial charge on any atom is -0.369 e. The van der Waals surface area contributed by atoms with Crippen LogP contribution in [0.4, 0.5) is 0 Å². The van der Waals surface area contributed by atoms with Crippen LogP contribution in [0.3, 0.4) is 0 Å². The second-order valence-corrected chi connectivity index (χ2v) is 2.86. The predicted molar refractivity (Wildman–Crippen MR) is 46.6 cm³/mol. The van der Waals surface area contributed by atoms with Crippen LogP contribution in [0.2, 0.25) is 0 Å². The average molecular weight is 164 g/mol. The van der Waals surface area contributed by atoms with E-state index in [2.05, 4.69) is 4.98 Å². The van der Waals surface area contributed by atoms with Gasteiger partial charge in [-0.15, -0.1) is 0 Å². The normalized spacial score (nSPS) is 12.5. The Balaban J connectivity index is 2.89. The predicted octanol–water partition coefficient (Wildman–Crippen LogP) is 0.979. The van der Waals surface area contributed by atoms with E-state index >= 15 is 0 Å². The summed E-state index contributed by atoms with van der Waals surface area (Å²) in [6.45, 7) is 3.67. The molecule has 1 heterocycles. The lowest BCUT2D eigenvalue weighted by Gasteiger charge is -2.06. The van der Waals surface area contributed by atoms with Gasteiger partial charge >= 0.3 is 0 Å². The highest BCUT2D eigenvalue weighted by Gasteiger charge is 2.10. The number of carbonyl (C=O) groups excluding carboxylic acids is 1. The number of pyridine rings is 1. The molecule has 0 aliphatic rings. The summed E-state index contributed by atoms with van der Waals surface area (Å²) >= 11 is 0. The molecule has 1 rings (SSSR count). The van der Waals surface area contributed by atoms with Gasteiger partial charge in [0.25, 0.3) is 0 Å². The van der Waals surface area contributed by atoms with Crippen LogP contribution in [0.15, 0.2) is 18.3 Å². The number of rotatable bonds is 2. The molecule has 0 aliphatic carbocycles. The zero-order chi connectivity index (χ0) is 9.14. The van der Waals surface area contributed by atoms with E-state index in [-0.39, 0.29) is 11.8 Å². The Morgan fingerprint density at radius 3 is 2.67 bits per heavy atom. The second kappa shape index (κ2) is 3.34. The molecule has 64 valence electrons. The van der Waals surface area contributed by atoms with Crippen LogP contribution in [0.25, 0.3) is 0 Å². The van der Waals surface area contributed by atoms with Crippen molar-refractivity contribution in [2.24, 2.45) is 5.73 Å². The number of primary amides is 1. The molecule has 1 unspecified atom stereocenters. The van der Waals surface area contributed by atoms with E-state index in [1.807, 2.05) is 19.1 Å². The van der Waals surface area contributed by atoms with Crippen molar-refractivity contribution < 1.29 is 4.79 Å². The maximum Gasteiger partial charge on any atom is 0.224 e. The summed E-state index contributed by atoms with van der Waals surface area (Å²) in [7, 11) is 0. The van der Waals surface area contributed by atoms with Crippen molar-refractivity contribution in [2.75, 3.05) is 0 Å². The van der Waals surface area contributed by atoms with Gasteiger partial charge in [0.2, 0.25) is 5.91 Å². The Morgan fingerprint density at radius 1 is 1.58 bits per heavy atom. The van der Waals surface area contributed by atoms with E-state index < -0.39 is 0 Å². The molecule has 0 radical (unpaired) electrons. The lowest BCUT2D eigenvalue weighted by Crippen LogP contribution is -2.18. The van der Waals surface area contributed by atoms with Gasteiger partial charge in [-0.3, -0.25) is 9.78 Å². The Hall–Kier alpha value is -1.38. The van der Waals surface area contributed by atoms with E-state index in [0.717, 1.165) is 11.3 Å². The summed E-state index contributed by atoms with van der Waals surface area (Å²) in [5.41, 5.74) is 6.95. The fraction of sp³-hybridized carbons (Fsp3) is 0.333. The lowest BCUT2D eigenvalue weighted by molar-refractivity contribution is -0.119. The summed E-state index contributed by atoms with van der Waals surface area (Å²) < 4.78 is 0. The smallest absolute Gasteiger partial charge is 0.224 e. The van der Waals surface area contributed by atoms with Crippen molar-refractivity contribution in [3.63, 3.8) is 0 Å². The minimum atomic E-state index is -0.319. The van der Waals surface area contributed by atoms with Gasteiger partial charge in [-0.25, -0.2) is 0 Å². The molecule has 0 fully saturated rings. The van der Waals surface area contributed by atoms with Crippen molar-refractivity contribution in [3.8, 4) is 0 Å². The van der Waals surface area contributed by atoms with Crippen LogP contribution in [0.5, 0.6) is 0 Å². The summed E-state index contributed by atoms with van der Waals surface area (Å²) in [4.78, 5) is 14.9. The Bertz CT molecular complexity index is 279. The van der Waals surface area contributed by atoms with Crippen molar-refractivity contribution in [2.45, 2.75) is 19.8 Å². The SMILES string of the molecule is Cc1ccc(C(C)C(N)=O)cn1. The molecule has 3 heteroatoms. The molecule has 0 saturated heterocycles. The number of amides is 1. The molecule has 0 saturated carbocycles. The summed E-state index contributed by atoms with van der Waals surface area (Å²) in [5.74, 6) is -0.571. The van der Waals surface area contributed by atoms with Crippen LogP contribution >= 0.6 is 0 Å². The number of hydrogen-bond donors (Lipinski definition) is 1. The monoisotopic (exact) mass is 164 g/mol. The molecule has 1 atom stereocenters. The molecule has 0 bridgehead atoms. The standard InChI is InChI=1S/C9H12N2O/c1-6-3-4-8(5-11-6)7(2)9(10)12/h3-5,7H,1-2H3,(H2,10,12). The Labute approximate surface area is 71.6 Å². The first-order valence-corrected chi connectivity index (χ1v) is 3.83. The topological polar surface area (TPSA) is 56.0 Å². The van der Waals surface area contributed by atoms with Gasteiger partial charge in [0.1, 0.15) is 0 Å². The van der Waals surface area contributed by atoms with E-state index in [0.29, 0.717) is 0 Å². The van der Waals surface area contributed by atoms with Gasteiger partial charge in [-0.2, -0.15) is 0 Å². The van der Waals surface area contributed by atoms with Crippen molar-refractivity contribution in [1.82, 2.24) is 4.98 Å². The number of carbonyl (C=O) groups is 1. The molecule has 0 aliphatic heterocycles. The third-order valence-electron chi connectivity index (χ3n) is 1.86. The third kappa shape index (κ3) is 1.81.